The van der Waals surface area contributed by atoms with Gasteiger partial charge in [0.05, 0.1) is 0 Å². The summed E-state index contributed by atoms with van der Waals surface area (Å²) in [6, 6.07) is 15.4. The van der Waals surface area contributed by atoms with Crippen molar-refractivity contribution in [2.45, 2.75) is 31.3 Å². The quantitative estimate of drug-likeness (QED) is 0.673. The van der Waals surface area contributed by atoms with Crippen molar-refractivity contribution in [2.75, 3.05) is 6.54 Å². The number of hydrogen-bond donors (Lipinski definition) is 3. The van der Waals surface area contributed by atoms with Crippen LogP contribution in [-0.2, 0) is 28.1 Å². The lowest BCUT2D eigenvalue weighted by Crippen LogP contribution is -2.48. The highest BCUT2D eigenvalue weighted by atomic mass is 16.2. The summed E-state index contributed by atoms with van der Waals surface area (Å²) in [7, 11) is 0. The normalized spacial score (nSPS) is 19.9. The summed E-state index contributed by atoms with van der Waals surface area (Å²) >= 11 is 0. The van der Waals surface area contributed by atoms with Gasteiger partial charge in [0.25, 0.3) is 5.91 Å². The van der Waals surface area contributed by atoms with Crippen LogP contribution < -0.4 is 16.0 Å². The van der Waals surface area contributed by atoms with Gasteiger partial charge in [-0.3, -0.25) is 19.8 Å². The zero-order chi connectivity index (χ0) is 21.1. The number of carbonyl (C=O) groups is 4. The van der Waals surface area contributed by atoms with Gasteiger partial charge in [-0.25, -0.2) is 9.59 Å². The Balaban J connectivity index is 1.39. The molecule has 1 aliphatic heterocycles. The molecule has 2 aromatic rings. The van der Waals surface area contributed by atoms with Gasteiger partial charge in [0.2, 0.25) is 5.91 Å². The molecule has 6 amide bonds. The Kier molecular flexibility index (Phi) is 5.22. The highest BCUT2D eigenvalue weighted by Gasteiger charge is 2.54. The Hall–Kier alpha value is -3.68. The third kappa shape index (κ3) is 3.63. The standard InChI is InChI=1S/C22H22N4O4/c27-18(24-20(29)23-13-15-7-2-1-3-8-15)14-26-19(28)22(25-21(26)30)12-6-10-16-9-4-5-11-17(16)22/h1-5,7-9,11H,6,10,12-14H2,(H,25,30)(H2,23,24,27,29)/t22-/m0/s1. The minimum absolute atomic E-state index is 0.253. The minimum Gasteiger partial charge on any atom is -0.334 e. The van der Waals surface area contributed by atoms with Gasteiger partial charge in [0.1, 0.15) is 12.1 Å². The fourth-order valence-electron chi connectivity index (χ4n) is 4.09. The molecule has 30 heavy (non-hydrogen) atoms. The van der Waals surface area contributed by atoms with Crippen LogP contribution in [0.5, 0.6) is 0 Å². The van der Waals surface area contributed by atoms with Crippen molar-refractivity contribution < 1.29 is 19.2 Å². The molecule has 0 bridgehead atoms. The van der Waals surface area contributed by atoms with Crippen LogP contribution in [0.2, 0.25) is 0 Å². The first-order valence-corrected chi connectivity index (χ1v) is 9.84. The predicted octanol–water partition coefficient (Wildman–Crippen LogP) is 1.80. The number of amides is 6. The summed E-state index contributed by atoms with van der Waals surface area (Å²) in [5, 5.41) is 7.53. The second-order valence-corrected chi connectivity index (χ2v) is 7.45. The highest BCUT2D eigenvalue weighted by Crippen LogP contribution is 2.39. The molecule has 0 radical (unpaired) electrons. The molecule has 154 valence electrons. The van der Waals surface area contributed by atoms with E-state index in [4.69, 9.17) is 0 Å². The predicted molar refractivity (Wildman–Crippen MR) is 108 cm³/mol. The van der Waals surface area contributed by atoms with Crippen LogP contribution in [0.15, 0.2) is 54.6 Å². The Morgan fingerprint density at radius 1 is 1.03 bits per heavy atom. The summed E-state index contributed by atoms with van der Waals surface area (Å²) in [6.07, 6.45) is 2.07. The molecular weight excluding hydrogens is 384 g/mol. The Labute approximate surface area is 173 Å². The molecule has 0 unspecified atom stereocenters. The first-order chi connectivity index (χ1) is 14.5. The molecule has 2 aromatic carbocycles. The maximum absolute atomic E-state index is 13.1. The average Bonchev–Trinajstić information content (AvgIpc) is 2.98. The lowest BCUT2D eigenvalue weighted by atomic mass is 9.76. The summed E-state index contributed by atoms with van der Waals surface area (Å²) in [4.78, 5) is 50.8. The van der Waals surface area contributed by atoms with Crippen molar-refractivity contribution in [1.82, 2.24) is 20.9 Å². The van der Waals surface area contributed by atoms with E-state index in [0.717, 1.165) is 34.4 Å². The summed E-state index contributed by atoms with van der Waals surface area (Å²) in [6.45, 7) is -0.268. The zero-order valence-corrected chi connectivity index (χ0v) is 16.3. The molecule has 1 heterocycles. The van der Waals surface area contributed by atoms with Gasteiger partial charge in [-0.1, -0.05) is 54.6 Å². The van der Waals surface area contributed by atoms with Crippen LogP contribution in [0, 0.1) is 0 Å². The van der Waals surface area contributed by atoms with E-state index in [-0.39, 0.29) is 6.54 Å². The second kappa shape index (κ2) is 7.98. The fourth-order valence-corrected chi connectivity index (χ4v) is 4.09. The first kappa shape index (κ1) is 19.6. The Bertz CT molecular complexity index is 1010. The number of nitrogens with zero attached hydrogens (tertiary/aromatic N) is 1. The smallest absolute Gasteiger partial charge is 0.325 e. The van der Waals surface area contributed by atoms with E-state index in [1.54, 1.807) is 0 Å². The molecule has 4 rings (SSSR count). The van der Waals surface area contributed by atoms with Gasteiger partial charge in [-0.2, -0.15) is 0 Å². The number of urea groups is 2. The number of fused-ring (bicyclic) bond motifs is 2. The topological polar surface area (TPSA) is 108 Å². The monoisotopic (exact) mass is 406 g/mol. The maximum atomic E-state index is 13.1. The van der Waals surface area contributed by atoms with Crippen LogP contribution in [-0.4, -0.2) is 35.3 Å². The summed E-state index contributed by atoms with van der Waals surface area (Å²) in [5.74, 6) is -1.19. The van der Waals surface area contributed by atoms with Crippen molar-refractivity contribution in [1.29, 1.82) is 0 Å². The second-order valence-electron chi connectivity index (χ2n) is 7.45. The third-order valence-corrected chi connectivity index (χ3v) is 5.50. The van der Waals surface area contributed by atoms with Gasteiger partial charge >= 0.3 is 12.1 Å². The average molecular weight is 406 g/mol. The fraction of sp³-hybridized carbons (Fsp3) is 0.273. The van der Waals surface area contributed by atoms with E-state index < -0.39 is 36.0 Å². The van der Waals surface area contributed by atoms with Crippen molar-refractivity contribution in [3.63, 3.8) is 0 Å². The zero-order valence-electron chi connectivity index (χ0n) is 16.3. The molecule has 0 aromatic heterocycles. The molecule has 8 nitrogen and oxygen atoms in total. The molecule has 3 N–H and O–H groups in total. The van der Waals surface area contributed by atoms with Crippen molar-refractivity contribution >= 4 is 23.9 Å². The molecule has 1 spiro atoms. The molecule has 0 saturated carbocycles. The van der Waals surface area contributed by atoms with E-state index in [1.165, 1.54) is 0 Å². The van der Waals surface area contributed by atoms with Gasteiger partial charge in [0.15, 0.2) is 0 Å². The van der Waals surface area contributed by atoms with Crippen LogP contribution in [0.3, 0.4) is 0 Å². The van der Waals surface area contributed by atoms with Crippen molar-refractivity contribution in [2.24, 2.45) is 0 Å². The number of imide groups is 2. The largest absolute Gasteiger partial charge is 0.334 e. The van der Waals surface area contributed by atoms with Gasteiger partial charge < -0.3 is 10.6 Å². The lowest BCUT2D eigenvalue weighted by Gasteiger charge is -2.33. The van der Waals surface area contributed by atoms with Crippen molar-refractivity contribution in [3.8, 4) is 0 Å². The van der Waals surface area contributed by atoms with Crippen LogP contribution in [0.25, 0.3) is 0 Å². The van der Waals surface area contributed by atoms with E-state index in [1.807, 2.05) is 54.6 Å². The molecule has 1 atom stereocenters. The summed E-state index contributed by atoms with van der Waals surface area (Å²) < 4.78 is 0. The van der Waals surface area contributed by atoms with Crippen LogP contribution in [0.4, 0.5) is 9.59 Å². The maximum Gasteiger partial charge on any atom is 0.325 e. The number of nitrogens with one attached hydrogen (secondary N) is 3. The van der Waals surface area contributed by atoms with E-state index >= 15 is 0 Å². The highest BCUT2D eigenvalue weighted by molar-refractivity contribution is 6.10. The Morgan fingerprint density at radius 2 is 1.77 bits per heavy atom. The van der Waals surface area contributed by atoms with Crippen LogP contribution in [0.1, 0.15) is 29.5 Å². The minimum atomic E-state index is -1.14. The molecule has 8 heteroatoms. The van der Waals surface area contributed by atoms with Gasteiger partial charge in [-0.15, -0.1) is 0 Å². The number of aryl methyl sites for hydroxylation is 1. The number of carbonyl (C=O) groups excluding carboxylic acids is 4. The summed E-state index contributed by atoms with van der Waals surface area (Å²) in [5.41, 5.74) is 1.54. The van der Waals surface area contributed by atoms with Crippen molar-refractivity contribution in [3.05, 3.63) is 71.3 Å². The number of benzene rings is 2. The van der Waals surface area contributed by atoms with E-state index in [0.29, 0.717) is 6.42 Å². The Morgan fingerprint density at radius 3 is 2.57 bits per heavy atom. The molecule has 1 saturated heterocycles. The van der Waals surface area contributed by atoms with Crippen LogP contribution >= 0.6 is 0 Å². The molecule has 1 aliphatic carbocycles. The molecular formula is C22H22N4O4. The number of hydrogen-bond acceptors (Lipinski definition) is 4. The van der Waals surface area contributed by atoms with Gasteiger partial charge in [-0.05, 0) is 36.0 Å². The number of rotatable bonds is 4. The molecule has 2 aliphatic rings. The van der Waals surface area contributed by atoms with E-state index in [9.17, 15) is 19.2 Å². The van der Waals surface area contributed by atoms with Gasteiger partial charge in [0, 0.05) is 6.54 Å². The SMILES string of the molecule is O=C(CN1C(=O)N[C@]2(CCCc3ccccc32)C1=O)NC(=O)NCc1ccccc1. The molecule has 1 fully saturated rings. The van der Waals surface area contributed by atoms with E-state index in [2.05, 4.69) is 16.0 Å². The first-order valence-electron chi connectivity index (χ1n) is 9.84. The third-order valence-electron chi connectivity index (χ3n) is 5.50. The lowest BCUT2D eigenvalue weighted by molar-refractivity contribution is -0.135.